The molecule has 5 heteroatoms. The first-order chi connectivity index (χ1) is 8.11. The minimum Gasteiger partial charge on any atom is -0.383 e. The Hall–Kier alpha value is -0.200. The maximum absolute atomic E-state index is 6.32. The molecule has 0 aliphatic carbocycles. The van der Waals surface area contributed by atoms with Crippen molar-refractivity contribution in [1.82, 2.24) is 4.90 Å². The third-order valence-electron chi connectivity index (χ3n) is 3.27. The summed E-state index contributed by atoms with van der Waals surface area (Å²) >= 11 is 0. The predicted molar refractivity (Wildman–Crippen MR) is 67.1 cm³/mol. The smallest absolute Gasteiger partial charge is 0.0659 e. The van der Waals surface area contributed by atoms with Gasteiger partial charge in [0.15, 0.2) is 0 Å². The second-order valence-electron chi connectivity index (χ2n) is 4.93. The molecule has 0 aromatic heterocycles. The van der Waals surface area contributed by atoms with Crippen LogP contribution in [-0.2, 0) is 14.2 Å². The van der Waals surface area contributed by atoms with Crippen molar-refractivity contribution in [2.45, 2.75) is 24.9 Å². The average Bonchev–Trinajstić information content (AvgIpc) is 2.72. The lowest BCUT2D eigenvalue weighted by atomic mass is 9.99. The number of hydrogen-bond acceptors (Lipinski definition) is 5. The monoisotopic (exact) mass is 246 g/mol. The third kappa shape index (κ3) is 4.89. The number of hydrogen-bond donors (Lipinski definition) is 1. The van der Waals surface area contributed by atoms with Gasteiger partial charge in [-0.15, -0.1) is 0 Å². The van der Waals surface area contributed by atoms with Gasteiger partial charge in [-0.2, -0.15) is 0 Å². The van der Waals surface area contributed by atoms with Crippen molar-refractivity contribution in [2.75, 3.05) is 53.7 Å². The lowest BCUT2D eigenvalue weighted by molar-refractivity contribution is 0.0570. The number of nitrogens with two attached hydrogens (primary N) is 1. The molecule has 102 valence electrons. The van der Waals surface area contributed by atoms with Crippen molar-refractivity contribution in [3.8, 4) is 0 Å². The van der Waals surface area contributed by atoms with Crippen LogP contribution in [-0.4, -0.2) is 70.2 Å². The summed E-state index contributed by atoms with van der Waals surface area (Å²) in [5, 5.41) is 0. The predicted octanol–water partition coefficient (Wildman–Crippen LogP) is 0.0875. The number of methoxy groups -OCH3 is 2. The van der Waals surface area contributed by atoms with Gasteiger partial charge in [0, 0.05) is 40.0 Å². The molecule has 0 amide bonds. The fourth-order valence-corrected chi connectivity index (χ4v) is 2.16. The molecule has 1 fully saturated rings. The minimum atomic E-state index is -0.213. The zero-order valence-corrected chi connectivity index (χ0v) is 11.3. The first-order valence-electron chi connectivity index (χ1n) is 6.20. The molecule has 2 unspecified atom stereocenters. The Morgan fingerprint density at radius 1 is 1.41 bits per heavy atom. The van der Waals surface area contributed by atoms with E-state index in [4.69, 9.17) is 19.9 Å². The summed E-state index contributed by atoms with van der Waals surface area (Å²) < 4.78 is 15.7. The molecule has 0 radical (unpaired) electrons. The number of rotatable bonds is 8. The maximum Gasteiger partial charge on any atom is 0.0659 e. The van der Waals surface area contributed by atoms with E-state index in [-0.39, 0.29) is 5.54 Å². The number of ether oxygens (including phenoxy) is 3. The molecule has 0 spiro atoms. The van der Waals surface area contributed by atoms with E-state index in [1.165, 1.54) is 0 Å². The quantitative estimate of drug-likeness (QED) is 0.658. The first-order valence-corrected chi connectivity index (χ1v) is 6.20. The molecular formula is C12H26N2O3. The summed E-state index contributed by atoms with van der Waals surface area (Å²) in [7, 11) is 3.44. The zero-order valence-electron chi connectivity index (χ0n) is 11.3. The topological polar surface area (TPSA) is 57.0 Å². The molecule has 0 bridgehead atoms. The standard InChI is InChI=1S/C12H26N2O3/c1-11(8-16-3)14(5-7-15-2)9-12(13)4-6-17-10-12/h11H,4-10,13H2,1-3H3. The summed E-state index contributed by atoms with van der Waals surface area (Å²) in [5.74, 6) is 0. The van der Waals surface area contributed by atoms with Crippen molar-refractivity contribution in [1.29, 1.82) is 0 Å². The fraction of sp³-hybridized carbons (Fsp3) is 1.00. The van der Waals surface area contributed by atoms with Crippen LogP contribution in [0.3, 0.4) is 0 Å². The second-order valence-corrected chi connectivity index (χ2v) is 4.93. The van der Waals surface area contributed by atoms with E-state index in [0.717, 1.165) is 26.1 Å². The molecule has 5 nitrogen and oxygen atoms in total. The molecule has 1 saturated heterocycles. The van der Waals surface area contributed by atoms with Gasteiger partial charge < -0.3 is 19.9 Å². The molecule has 0 saturated carbocycles. The third-order valence-corrected chi connectivity index (χ3v) is 3.27. The lowest BCUT2D eigenvalue weighted by Gasteiger charge is -2.35. The molecule has 2 atom stereocenters. The van der Waals surface area contributed by atoms with E-state index >= 15 is 0 Å². The van der Waals surface area contributed by atoms with Gasteiger partial charge in [0.1, 0.15) is 0 Å². The molecule has 0 aromatic carbocycles. The van der Waals surface area contributed by atoms with Crippen molar-refractivity contribution in [3.63, 3.8) is 0 Å². The summed E-state index contributed by atoms with van der Waals surface area (Å²) in [5.41, 5.74) is 6.10. The highest BCUT2D eigenvalue weighted by molar-refractivity contribution is 4.92. The summed E-state index contributed by atoms with van der Waals surface area (Å²) in [6.07, 6.45) is 0.927. The molecule has 1 heterocycles. The first kappa shape index (κ1) is 14.9. The van der Waals surface area contributed by atoms with Crippen molar-refractivity contribution in [3.05, 3.63) is 0 Å². The molecule has 17 heavy (non-hydrogen) atoms. The Balaban J connectivity index is 2.49. The van der Waals surface area contributed by atoms with Gasteiger partial charge in [0.2, 0.25) is 0 Å². The molecule has 1 rings (SSSR count). The van der Waals surface area contributed by atoms with Crippen LogP contribution in [0.5, 0.6) is 0 Å². The van der Waals surface area contributed by atoms with Crippen LogP contribution in [0.4, 0.5) is 0 Å². The highest BCUT2D eigenvalue weighted by Gasteiger charge is 2.33. The van der Waals surface area contributed by atoms with Gasteiger partial charge in [-0.1, -0.05) is 0 Å². The maximum atomic E-state index is 6.32. The van der Waals surface area contributed by atoms with E-state index < -0.39 is 0 Å². The Labute approximate surface area is 104 Å². The molecular weight excluding hydrogens is 220 g/mol. The van der Waals surface area contributed by atoms with E-state index in [0.29, 0.717) is 25.9 Å². The van der Waals surface area contributed by atoms with Crippen molar-refractivity contribution < 1.29 is 14.2 Å². The average molecular weight is 246 g/mol. The van der Waals surface area contributed by atoms with Gasteiger partial charge in [0.05, 0.1) is 25.4 Å². The van der Waals surface area contributed by atoms with E-state index in [9.17, 15) is 0 Å². The van der Waals surface area contributed by atoms with Crippen molar-refractivity contribution >= 4 is 0 Å². The van der Waals surface area contributed by atoms with Crippen LogP contribution in [0, 0.1) is 0 Å². The second kappa shape index (κ2) is 7.28. The Kier molecular flexibility index (Phi) is 6.37. The van der Waals surface area contributed by atoms with Gasteiger partial charge in [-0.3, -0.25) is 4.90 Å². The minimum absolute atomic E-state index is 0.213. The SMILES string of the molecule is COCCN(CC1(N)CCOC1)C(C)COC. The summed E-state index contributed by atoms with van der Waals surface area (Å²) in [6, 6.07) is 0.344. The largest absolute Gasteiger partial charge is 0.383 e. The van der Waals surface area contributed by atoms with Crippen LogP contribution >= 0.6 is 0 Å². The highest BCUT2D eigenvalue weighted by Crippen LogP contribution is 2.18. The van der Waals surface area contributed by atoms with Gasteiger partial charge in [0.25, 0.3) is 0 Å². The van der Waals surface area contributed by atoms with Crippen LogP contribution in [0.1, 0.15) is 13.3 Å². The Morgan fingerprint density at radius 3 is 2.71 bits per heavy atom. The van der Waals surface area contributed by atoms with Gasteiger partial charge in [-0.05, 0) is 13.3 Å². The fourth-order valence-electron chi connectivity index (χ4n) is 2.16. The van der Waals surface area contributed by atoms with Crippen LogP contribution in [0.2, 0.25) is 0 Å². The summed E-state index contributed by atoms with van der Waals surface area (Å²) in [6.45, 7) is 6.70. The van der Waals surface area contributed by atoms with E-state index in [2.05, 4.69) is 11.8 Å². The Bertz CT molecular complexity index is 208. The molecule has 2 N–H and O–H groups in total. The van der Waals surface area contributed by atoms with Gasteiger partial charge >= 0.3 is 0 Å². The van der Waals surface area contributed by atoms with Crippen LogP contribution in [0.15, 0.2) is 0 Å². The zero-order chi connectivity index (χ0) is 12.7. The van der Waals surface area contributed by atoms with Crippen LogP contribution < -0.4 is 5.73 Å². The Morgan fingerprint density at radius 2 is 2.18 bits per heavy atom. The van der Waals surface area contributed by atoms with Crippen LogP contribution in [0.25, 0.3) is 0 Å². The molecule has 1 aliphatic heterocycles. The van der Waals surface area contributed by atoms with E-state index in [1.54, 1.807) is 14.2 Å². The highest BCUT2D eigenvalue weighted by atomic mass is 16.5. The lowest BCUT2D eigenvalue weighted by Crippen LogP contribution is -2.54. The summed E-state index contributed by atoms with van der Waals surface area (Å²) in [4.78, 5) is 2.32. The normalized spacial score (nSPS) is 26.6. The van der Waals surface area contributed by atoms with Gasteiger partial charge in [-0.25, -0.2) is 0 Å². The van der Waals surface area contributed by atoms with E-state index in [1.807, 2.05) is 0 Å². The number of nitrogens with zero attached hydrogens (tertiary/aromatic N) is 1. The molecule has 0 aromatic rings. The molecule has 1 aliphatic rings. The van der Waals surface area contributed by atoms with Crippen molar-refractivity contribution in [2.24, 2.45) is 5.73 Å².